The fourth-order valence-corrected chi connectivity index (χ4v) is 8.46. The van der Waals surface area contributed by atoms with Gasteiger partial charge in [0.1, 0.15) is 0 Å². The summed E-state index contributed by atoms with van der Waals surface area (Å²) in [5, 5.41) is 0. The Labute approximate surface area is 634 Å². The van der Waals surface area contributed by atoms with Crippen LogP contribution in [-0.4, -0.2) is 0 Å². The maximum atomic E-state index is 2.24. The fourth-order valence-electron chi connectivity index (χ4n) is 8.46. The first-order chi connectivity index (χ1) is 49.4. The zero-order valence-corrected chi connectivity index (χ0v) is 72.4. The minimum absolute atomic E-state index is 1.29. The first kappa shape index (κ1) is 107. The van der Waals surface area contributed by atoms with Crippen molar-refractivity contribution in [3.05, 3.63) is 345 Å². The summed E-state index contributed by atoms with van der Waals surface area (Å²) in [6.07, 6.45) is 0. The maximum Gasteiger partial charge on any atom is -0.0152 e. The Balaban J connectivity index is -0.000000199. The molecule has 0 aliphatic rings. The van der Waals surface area contributed by atoms with Crippen LogP contribution in [0.4, 0.5) is 0 Å². The van der Waals surface area contributed by atoms with Crippen LogP contribution in [0.15, 0.2) is 267 Å². The molecule has 0 N–H and O–H groups in total. The molecule has 0 spiro atoms. The summed E-state index contributed by atoms with van der Waals surface area (Å²) in [7, 11) is 0. The number of hydrogen-bond donors (Lipinski definition) is 0. The van der Waals surface area contributed by atoms with Gasteiger partial charge in [0.2, 0.25) is 0 Å². The predicted octanol–water partition coefficient (Wildman–Crippen LogP) is 34.1. The van der Waals surface area contributed by atoms with E-state index in [1.807, 2.05) is 152 Å². The molecule has 0 bridgehead atoms. The van der Waals surface area contributed by atoms with E-state index in [9.17, 15) is 0 Å². The Kier molecular flexibility index (Phi) is 78.7. The van der Waals surface area contributed by atoms with Crippen LogP contribution in [0.3, 0.4) is 0 Å². The molecule has 11 aromatic rings. The second kappa shape index (κ2) is 75.1. The number of rotatable bonds is 4. The van der Waals surface area contributed by atoms with Gasteiger partial charge in [0.15, 0.2) is 0 Å². The fraction of sp³-hybridized carbons (Fsp3) is 0.353. The number of aryl methyl sites for hydroxylation is 14. The van der Waals surface area contributed by atoms with Gasteiger partial charge in [-0.15, -0.1) is 0 Å². The summed E-state index contributed by atoms with van der Waals surface area (Å²) < 4.78 is 0. The highest BCUT2D eigenvalue weighted by molar-refractivity contribution is 5.69. The van der Waals surface area contributed by atoms with Crippen molar-refractivity contribution < 1.29 is 0 Å². The lowest BCUT2D eigenvalue weighted by Gasteiger charge is -2.06. The molecule has 0 unspecified atom stereocenters. The van der Waals surface area contributed by atoms with Crippen LogP contribution in [0, 0.1) is 96.9 Å². The summed E-state index contributed by atoms with van der Waals surface area (Å²) in [5.41, 5.74) is 29.0. The predicted molar refractivity (Wildman–Crippen MR) is 478 cm³/mol. The van der Waals surface area contributed by atoms with Crippen LogP contribution in [-0.2, 0) is 0 Å². The van der Waals surface area contributed by atoms with Crippen molar-refractivity contribution in [3.8, 4) is 44.5 Å². The van der Waals surface area contributed by atoms with E-state index in [4.69, 9.17) is 0 Å². The van der Waals surface area contributed by atoms with Gasteiger partial charge in [0.25, 0.3) is 0 Å². The highest BCUT2D eigenvalue weighted by Crippen LogP contribution is 2.26. The van der Waals surface area contributed by atoms with Gasteiger partial charge in [0.05, 0.1) is 0 Å². The van der Waals surface area contributed by atoms with E-state index in [0.717, 1.165) is 0 Å². The summed E-state index contributed by atoms with van der Waals surface area (Å²) >= 11 is 0. The molecule has 0 aliphatic heterocycles. The van der Waals surface area contributed by atoms with Gasteiger partial charge in [-0.25, -0.2) is 0 Å². The lowest BCUT2D eigenvalue weighted by atomic mass is 9.99. The molecule has 0 atom stereocenters. The zero-order valence-electron chi connectivity index (χ0n) is 72.4. The second-order valence-corrected chi connectivity index (χ2v) is 21.2. The van der Waals surface area contributed by atoms with Gasteiger partial charge in [-0.3, -0.25) is 0 Å². The van der Waals surface area contributed by atoms with E-state index in [0.29, 0.717) is 0 Å². The normalized spacial score (nSPS) is 8.39. The van der Waals surface area contributed by atoms with Crippen LogP contribution >= 0.6 is 0 Å². The monoisotopic (exact) mass is 1380 g/mol. The molecule has 0 amide bonds. The largest absolute Gasteiger partial charge is 0.0683 e. The van der Waals surface area contributed by atoms with Crippen molar-refractivity contribution in [2.75, 3.05) is 0 Å². The van der Waals surface area contributed by atoms with Crippen molar-refractivity contribution in [2.24, 2.45) is 0 Å². The van der Waals surface area contributed by atoms with Crippen molar-refractivity contribution in [2.45, 2.75) is 249 Å². The molecule has 0 radical (unpaired) electrons. The molecule has 0 heterocycles. The topological polar surface area (TPSA) is 0 Å². The Hall–Kier alpha value is -8.58. The molecule has 0 nitrogen and oxygen atoms in total. The van der Waals surface area contributed by atoms with Crippen molar-refractivity contribution >= 4 is 0 Å². The van der Waals surface area contributed by atoms with Crippen molar-refractivity contribution in [1.29, 1.82) is 0 Å². The van der Waals surface area contributed by atoms with Gasteiger partial charge in [-0.1, -0.05) is 475 Å². The van der Waals surface area contributed by atoms with E-state index >= 15 is 0 Å². The second-order valence-electron chi connectivity index (χ2n) is 21.2. The summed E-state index contributed by atoms with van der Waals surface area (Å²) in [6, 6.07) is 94.0. The van der Waals surface area contributed by atoms with Crippen LogP contribution in [0.25, 0.3) is 44.5 Å². The van der Waals surface area contributed by atoms with Gasteiger partial charge in [0, 0.05) is 0 Å². The van der Waals surface area contributed by atoms with E-state index in [1.54, 1.807) is 0 Å². The SMILES string of the molecule is CC.CC.CC.CC.CC.CC.CC.CC.CC.CC.CC.Cc1ccc(-c2ccc(C)cc2)cc1.Cc1ccc(-c2cccc(C)c2)cc1.Cc1ccc(-c2ccccc2C)cc1.Cc1ccc(C)c(-c2ccccc2)c1.Cc1ccc(C)cc1.Cc1cccc(C)c1.Cc1ccccc1C. The lowest BCUT2D eigenvalue weighted by molar-refractivity contribution is 1.34. The third kappa shape index (κ3) is 51.5. The summed E-state index contributed by atoms with van der Waals surface area (Å²) in [6.45, 7) is 73.6. The standard InChI is InChI=1S/4C14H14.3C8H10.11C2H6/c1-11-3-7-13(8-4-11)14-9-5-12(2)6-10-14;1-11-6-8-13(9-7-11)14-5-3-4-12(2)10-14;1-11-7-9-13(10-8-11)14-6-4-3-5-12(14)2;1-11-8-9-12(2)14(10-11)13-6-4-3-5-7-13;1-7-3-5-8(2)6-4-7;1-7-4-3-5-8(2)6-7;1-7-5-3-4-6-8(7)2;11*1-2/h4*3-10H,1-2H3;3*3-6H,1-2H3;11*1-2H3. The summed E-state index contributed by atoms with van der Waals surface area (Å²) in [5.74, 6) is 0. The highest BCUT2D eigenvalue weighted by atomic mass is 14.1. The summed E-state index contributed by atoms with van der Waals surface area (Å²) in [4.78, 5) is 0. The van der Waals surface area contributed by atoms with Gasteiger partial charge in [-0.05, 0) is 164 Å². The third-order valence-corrected chi connectivity index (χ3v) is 13.6. The van der Waals surface area contributed by atoms with Crippen LogP contribution in [0.5, 0.6) is 0 Å². The van der Waals surface area contributed by atoms with Gasteiger partial charge in [-0.2, -0.15) is 0 Å². The van der Waals surface area contributed by atoms with Crippen LogP contribution in [0.1, 0.15) is 230 Å². The number of benzene rings is 11. The molecular weight excluding hydrogens is 1230 g/mol. The Morgan fingerprint density at radius 1 is 0.118 bits per heavy atom. The first-order valence-electron chi connectivity index (χ1n) is 39.1. The smallest absolute Gasteiger partial charge is 0.0152 e. The molecule has 11 aromatic carbocycles. The van der Waals surface area contributed by atoms with Gasteiger partial charge >= 0.3 is 0 Å². The van der Waals surface area contributed by atoms with E-state index < -0.39 is 0 Å². The lowest BCUT2D eigenvalue weighted by Crippen LogP contribution is -1.83. The van der Waals surface area contributed by atoms with Crippen molar-refractivity contribution in [3.63, 3.8) is 0 Å². The molecule has 11 rings (SSSR count). The Morgan fingerprint density at radius 2 is 0.333 bits per heavy atom. The maximum absolute atomic E-state index is 2.24. The average molecular weight is 1380 g/mol. The third-order valence-electron chi connectivity index (χ3n) is 13.6. The van der Waals surface area contributed by atoms with Gasteiger partial charge < -0.3 is 0 Å². The van der Waals surface area contributed by atoms with Crippen LogP contribution < -0.4 is 0 Å². The zero-order chi connectivity index (χ0) is 79.8. The quantitative estimate of drug-likeness (QED) is 0.165. The van der Waals surface area contributed by atoms with Crippen LogP contribution in [0.2, 0.25) is 0 Å². The molecule has 0 saturated carbocycles. The molecule has 0 saturated heterocycles. The highest BCUT2D eigenvalue weighted by Gasteiger charge is 2.02. The molecule has 0 aromatic heterocycles. The average Bonchev–Trinajstić information content (AvgIpc) is 0.868. The first-order valence-corrected chi connectivity index (χ1v) is 39.1. The number of hydrogen-bond acceptors (Lipinski definition) is 0. The Bertz CT molecular complexity index is 3400. The molecular formula is C102H152. The molecule has 0 aliphatic carbocycles. The Morgan fingerprint density at radius 3 is 0.627 bits per heavy atom. The van der Waals surface area contributed by atoms with E-state index in [-0.39, 0.29) is 0 Å². The van der Waals surface area contributed by atoms with E-state index in [2.05, 4.69) is 364 Å². The molecule has 0 fully saturated rings. The molecule has 560 valence electrons. The molecule has 102 heavy (non-hydrogen) atoms. The minimum atomic E-state index is 1.29. The van der Waals surface area contributed by atoms with E-state index in [1.165, 1.54) is 122 Å². The van der Waals surface area contributed by atoms with Crippen molar-refractivity contribution in [1.82, 2.24) is 0 Å². The minimum Gasteiger partial charge on any atom is -0.0683 e. The molecule has 0 heteroatoms.